The first kappa shape index (κ1) is 16.0. The van der Waals surface area contributed by atoms with E-state index < -0.39 is 0 Å². The molecule has 22 heavy (non-hydrogen) atoms. The van der Waals surface area contributed by atoms with Gasteiger partial charge in [0, 0.05) is 24.4 Å². The first-order valence-corrected chi connectivity index (χ1v) is 7.47. The fourth-order valence-corrected chi connectivity index (χ4v) is 2.14. The number of ether oxygens (including phenoxy) is 1. The number of hydrogen-bond acceptors (Lipinski definition) is 3. The molecular weight excluding hydrogens is 276 g/mol. The zero-order chi connectivity index (χ0) is 15.8. The fraction of sp³-hybridized carbons (Fsp3) is 0.278. The average molecular weight is 298 g/mol. The fourth-order valence-electron chi connectivity index (χ4n) is 2.14. The predicted octanol–water partition coefficient (Wildman–Crippen LogP) is 3.17. The summed E-state index contributed by atoms with van der Waals surface area (Å²) in [6, 6.07) is 17.0. The van der Waals surface area contributed by atoms with E-state index in [-0.39, 0.29) is 12.0 Å². The van der Waals surface area contributed by atoms with Crippen LogP contribution in [0.3, 0.4) is 0 Å². The third kappa shape index (κ3) is 4.90. The number of carbonyl (C=O) groups excluding carboxylic acids is 1. The van der Waals surface area contributed by atoms with E-state index in [0.29, 0.717) is 24.4 Å². The molecular formula is C18H22N2O2. The van der Waals surface area contributed by atoms with E-state index in [4.69, 9.17) is 10.5 Å². The van der Waals surface area contributed by atoms with Crippen LogP contribution in [0.1, 0.15) is 35.4 Å². The summed E-state index contributed by atoms with van der Waals surface area (Å²) in [5.74, 6) is -0.108. The monoisotopic (exact) mass is 298 g/mol. The van der Waals surface area contributed by atoms with E-state index in [1.807, 2.05) is 37.3 Å². The topological polar surface area (TPSA) is 64.3 Å². The van der Waals surface area contributed by atoms with Crippen LogP contribution < -0.4 is 11.1 Å². The molecule has 0 aliphatic carbocycles. The van der Waals surface area contributed by atoms with E-state index in [2.05, 4.69) is 5.32 Å². The van der Waals surface area contributed by atoms with Gasteiger partial charge in [-0.3, -0.25) is 4.79 Å². The standard InChI is InChI=1S/C18H22N2O2/c1-14(15-7-3-2-4-8-15)22-12-6-11-20-18(21)16-9-5-10-17(19)13-16/h2-5,7-10,13-14H,6,11-12,19H2,1H3,(H,20,21). The summed E-state index contributed by atoms with van der Waals surface area (Å²) in [4.78, 5) is 11.9. The number of amides is 1. The normalized spacial score (nSPS) is 11.9. The van der Waals surface area contributed by atoms with Crippen molar-refractivity contribution < 1.29 is 9.53 Å². The third-order valence-electron chi connectivity index (χ3n) is 3.39. The molecule has 2 aromatic rings. The van der Waals surface area contributed by atoms with Crippen molar-refractivity contribution in [1.82, 2.24) is 5.32 Å². The highest BCUT2D eigenvalue weighted by Crippen LogP contribution is 2.15. The first-order valence-electron chi connectivity index (χ1n) is 7.47. The van der Waals surface area contributed by atoms with Gasteiger partial charge in [-0.2, -0.15) is 0 Å². The van der Waals surface area contributed by atoms with E-state index in [9.17, 15) is 4.79 Å². The summed E-state index contributed by atoms with van der Waals surface area (Å²) < 4.78 is 5.76. The highest BCUT2D eigenvalue weighted by Gasteiger charge is 2.06. The van der Waals surface area contributed by atoms with Gasteiger partial charge in [0.2, 0.25) is 0 Å². The highest BCUT2D eigenvalue weighted by molar-refractivity contribution is 5.94. The van der Waals surface area contributed by atoms with Crippen LogP contribution in [0, 0.1) is 0 Å². The Morgan fingerprint density at radius 3 is 2.68 bits per heavy atom. The Kier molecular flexibility index (Phi) is 5.98. The van der Waals surface area contributed by atoms with Gasteiger partial charge in [0.15, 0.2) is 0 Å². The van der Waals surface area contributed by atoms with Crippen LogP contribution in [0.2, 0.25) is 0 Å². The second-order valence-corrected chi connectivity index (χ2v) is 5.16. The maximum atomic E-state index is 11.9. The Morgan fingerprint density at radius 2 is 1.95 bits per heavy atom. The van der Waals surface area contributed by atoms with Crippen molar-refractivity contribution in [2.45, 2.75) is 19.4 Å². The molecule has 0 heterocycles. The maximum absolute atomic E-state index is 11.9. The lowest BCUT2D eigenvalue weighted by Crippen LogP contribution is -2.25. The molecule has 0 aliphatic rings. The minimum absolute atomic E-state index is 0.0609. The van der Waals surface area contributed by atoms with Gasteiger partial charge in [0.1, 0.15) is 0 Å². The summed E-state index contributed by atoms with van der Waals surface area (Å²) in [7, 11) is 0. The van der Waals surface area contributed by atoms with Gasteiger partial charge in [0.25, 0.3) is 5.91 Å². The Hall–Kier alpha value is -2.33. The van der Waals surface area contributed by atoms with Crippen LogP contribution >= 0.6 is 0 Å². The second kappa shape index (κ2) is 8.20. The van der Waals surface area contributed by atoms with E-state index in [1.165, 1.54) is 0 Å². The van der Waals surface area contributed by atoms with Gasteiger partial charge >= 0.3 is 0 Å². The van der Waals surface area contributed by atoms with Crippen LogP contribution in [0.15, 0.2) is 54.6 Å². The summed E-state index contributed by atoms with van der Waals surface area (Å²) in [5, 5.41) is 2.87. The Balaban J connectivity index is 1.66. The number of hydrogen-bond donors (Lipinski definition) is 2. The SMILES string of the molecule is CC(OCCCNC(=O)c1cccc(N)c1)c1ccccc1. The molecule has 0 fully saturated rings. The van der Waals surface area contributed by atoms with E-state index >= 15 is 0 Å². The Bertz CT molecular complexity index is 599. The number of nitrogens with two attached hydrogens (primary N) is 1. The van der Waals surface area contributed by atoms with Crippen molar-refractivity contribution in [3.8, 4) is 0 Å². The molecule has 2 rings (SSSR count). The number of anilines is 1. The molecule has 3 N–H and O–H groups in total. The molecule has 1 atom stereocenters. The zero-order valence-corrected chi connectivity index (χ0v) is 12.8. The van der Waals surface area contributed by atoms with Crippen molar-refractivity contribution in [2.75, 3.05) is 18.9 Å². The van der Waals surface area contributed by atoms with Crippen molar-refractivity contribution in [2.24, 2.45) is 0 Å². The number of benzene rings is 2. The smallest absolute Gasteiger partial charge is 0.251 e. The van der Waals surface area contributed by atoms with E-state index in [0.717, 1.165) is 12.0 Å². The molecule has 1 amide bonds. The molecule has 0 saturated heterocycles. The van der Waals surface area contributed by atoms with Gasteiger partial charge in [-0.05, 0) is 37.1 Å². The lowest BCUT2D eigenvalue weighted by atomic mass is 10.1. The number of nitrogen functional groups attached to an aromatic ring is 1. The van der Waals surface area contributed by atoms with Crippen molar-refractivity contribution in [3.05, 3.63) is 65.7 Å². The number of rotatable bonds is 7. The summed E-state index contributed by atoms with van der Waals surface area (Å²) >= 11 is 0. The van der Waals surface area contributed by atoms with Crippen molar-refractivity contribution >= 4 is 11.6 Å². The minimum Gasteiger partial charge on any atom is -0.399 e. The van der Waals surface area contributed by atoms with Crippen LogP contribution in [0.4, 0.5) is 5.69 Å². The molecule has 0 bridgehead atoms. The van der Waals surface area contributed by atoms with Gasteiger partial charge in [-0.1, -0.05) is 36.4 Å². The van der Waals surface area contributed by atoms with Crippen LogP contribution in [-0.4, -0.2) is 19.1 Å². The zero-order valence-electron chi connectivity index (χ0n) is 12.8. The number of carbonyl (C=O) groups is 1. The van der Waals surface area contributed by atoms with Crippen molar-refractivity contribution in [3.63, 3.8) is 0 Å². The van der Waals surface area contributed by atoms with Crippen LogP contribution in [0.25, 0.3) is 0 Å². The predicted molar refractivity (Wildman–Crippen MR) is 88.6 cm³/mol. The summed E-state index contributed by atoms with van der Waals surface area (Å²) in [6.45, 7) is 3.21. The van der Waals surface area contributed by atoms with Crippen LogP contribution in [-0.2, 0) is 4.74 Å². The third-order valence-corrected chi connectivity index (χ3v) is 3.39. The Labute approximate surface area is 131 Å². The highest BCUT2D eigenvalue weighted by atomic mass is 16.5. The van der Waals surface area contributed by atoms with Gasteiger partial charge in [-0.25, -0.2) is 0 Å². The molecule has 0 saturated carbocycles. The lowest BCUT2D eigenvalue weighted by Gasteiger charge is -2.13. The molecule has 1 unspecified atom stereocenters. The summed E-state index contributed by atoms with van der Waals surface area (Å²) in [5.41, 5.74) is 7.99. The molecule has 0 aliphatic heterocycles. The first-order chi connectivity index (χ1) is 10.7. The summed E-state index contributed by atoms with van der Waals surface area (Å²) in [6.07, 6.45) is 0.830. The van der Waals surface area contributed by atoms with Crippen molar-refractivity contribution in [1.29, 1.82) is 0 Å². The van der Waals surface area contributed by atoms with Gasteiger partial charge in [-0.15, -0.1) is 0 Å². The quantitative estimate of drug-likeness (QED) is 0.609. The lowest BCUT2D eigenvalue weighted by molar-refractivity contribution is 0.0635. The van der Waals surface area contributed by atoms with Gasteiger partial charge in [0.05, 0.1) is 6.10 Å². The average Bonchev–Trinajstić information content (AvgIpc) is 2.55. The Morgan fingerprint density at radius 1 is 1.18 bits per heavy atom. The number of nitrogens with one attached hydrogen (secondary N) is 1. The molecule has 4 nitrogen and oxygen atoms in total. The minimum atomic E-state index is -0.108. The van der Waals surface area contributed by atoms with Gasteiger partial charge < -0.3 is 15.8 Å². The van der Waals surface area contributed by atoms with Crippen LogP contribution in [0.5, 0.6) is 0 Å². The molecule has 0 radical (unpaired) electrons. The molecule has 4 heteroatoms. The molecule has 116 valence electrons. The molecule has 0 aromatic heterocycles. The molecule has 2 aromatic carbocycles. The van der Waals surface area contributed by atoms with E-state index in [1.54, 1.807) is 24.3 Å². The molecule has 0 spiro atoms. The second-order valence-electron chi connectivity index (χ2n) is 5.16. The largest absolute Gasteiger partial charge is 0.399 e. The maximum Gasteiger partial charge on any atom is 0.251 e.